The monoisotopic (exact) mass is 381 g/mol. The molecule has 27 heavy (non-hydrogen) atoms. The molecule has 0 aromatic heterocycles. The Kier molecular flexibility index (Phi) is 9.97. The predicted molar refractivity (Wildman–Crippen MR) is 101 cm³/mol. The van der Waals surface area contributed by atoms with Gasteiger partial charge in [-0.25, -0.2) is 0 Å². The summed E-state index contributed by atoms with van der Waals surface area (Å²) in [6.07, 6.45) is 0.222. The van der Waals surface area contributed by atoms with E-state index in [1.807, 2.05) is 31.2 Å². The van der Waals surface area contributed by atoms with Crippen LogP contribution in [0.2, 0.25) is 0 Å². The Morgan fingerprint density at radius 3 is 2.07 bits per heavy atom. The molecule has 0 saturated heterocycles. The van der Waals surface area contributed by atoms with Crippen LogP contribution in [0.15, 0.2) is 24.3 Å². The summed E-state index contributed by atoms with van der Waals surface area (Å²) in [5.41, 5.74) is 0. The molecule has 0 radical (unpaired) electrons. The molecule has 7 heteroatoms. The number of esters is 1. The molecule has 0 saturated carbocycles. The van der Waals surface area contributed by atoms with Gasteiger partial charge in [0.1, 0.15) is 19.3 Å². The summed E-state index contributed by atoms with van der Waals surface area (Å²) in [6.45, 7) is 8.91. The number of carbonyl (C=O) groups excluding carboxylic acids is 1. The van der Waals surface area contributed by atoms with E-state index in [0.717, 1.165) is 13.1 Å². The summed E-state index contributed by atoms with van der Waals surface area (Å²) in [6, 6.07) is 7.60. The first-order valence-corrected chi connectivity index (χ1v) is 9.61. The van der Waals surface area contributed by atoms with E-state index in [9.17, 15) is 4.79 Å². The van der Waals surface area contributed by atoms with Crippen molar-refractivity contribution in [1.29, 1.82) is 0 Å². The maximum Gasteiger partial charge on any atom is 0.305 e. The Morgan fingerprint density at radius 2 is 1.56 bits per heavy atom. The zero-order valence-electron chi connectivity index (χ0n) is 16.4. The minimum absolute atomic E-state index is 0.166. The molecule has 0 bridgehead atoms. The second-order valence-corrected chi connectivity index (χ2v) is 6.32. The van der Waals surface area contributed by atoms with Crippen LogP contribution in [0.5, 0.6) is 11.5 Å². The van der Waals surface area contributed by atoms with Crippen LogP contribution in [-0.2, 0) is 19.0 Å². The van der Waals surface area contributed by atoms with E-state index in [0.29, 0.717) is 64.1 Å². The fourth-order valence-electron chi connectivity index (χ4n) is 2.70. The molecule has 1 aliphatic heterocycles. The van der Waals surface area contributed by atoms with E-state index in [1.165, 1.54) is 0 Å². The smallest absolute Gasteiger partial charge is 0.305 e. The van der Waals surface area contributed by atoms with Gasteiger partial charge in [-0.1, -0.05) is 19.1 Å². The number of fused-ring (bicyclic) bond motifs is 1. The van der Waals surface area contributed by atoms with Gasteiger partial charge in [0.25, 0.3) is 0 Å². The second-order valence-electron chi connectivity index (χ2n) is 6.32. The lowest BCUT2D eigenvalue weighted by molar-refractivity contribution is -0.148. The van der Waals surface area contributed by atoms with Crippen molar-refractivity contribution in [3.05, 3.63) is 24.3 Å². The van der Waals surface area contributed by atoms with Crippen LogP contribution in [0.25, 0.3) is 0 Å². The number of para-hydroxylation sites is 2. The van der Waals surface area contributed by atoms with Gasteiger partial charge >= 0.3 is 5.97 Å². The van der Waals surface area contributed by atoms with E-state index in [2.05, 4.69) is 4.90 Å². The Bertz CT molecular complexity index is 518. The average molecular weight is 381 g/mol. The van der Waals surface area contributed by atoms with Crippen LogP contribution >= 0.6 is 0 Å². The Labute approximate surface area is 161 Å². The van der Waals surface area contributed by atoms with Gasteiger partial charge in [-0.15, -0.1) is 0 Å². The number of hydrogen-bond acceptors (Lipinski definition) is 7. The zero-order chi connectivity index (χ0) is 19.3. The van der Waals surface area contributed by atoms with Crippen molar-refractivity contribution < 1.29 is 28.5 Å². The van der Waals surface area contributed by atoms with E-state index in [-0.39, 0.29) is 12.1 Å². The van der Waals surface area contributed by atoms with Gasteiger partial charge in [0.15, 0.2) is 11.5 Å². The summed E-state index contributed by atoms with van der Waals surface area (Å²) in [4.78, 5) is 13.6. The Morgan fingerprint density at radius 1 is 1.00 bits per heavy atom. The third kappa shape index (κ3) is 8.60. The van der Waals surface area contributed by atoms with Crippen molar-refractivity contribution in [3.63, 3.8) is 0 Å². The number of rotatable bonds is 4. The van der Waals surface area contributed by atoms with E-state index in [1.54, 1.807) is 6.92 Å². The van der Waals surface area contributed by atoms with E-state index >= 15 is 0 Å². The lowest BCUT2D eigenvalue weighted by Crippen LogP contribution is -2.38. The minimum atomic E-state index is -0.179. The molecule has 7 nitrogen and oxygen atoms in total. The summed E-state index contributed by atoms with van der Waals surface area (Å²) < 4.78 is 28.2. The molecule has 1 atom stereocenters. The minimum Gasteiger partial charge on any atom is -0.487 e. The molecule has 0 aliphatic carbocycles. The third-order valence-corrected chi connectivity index (χ3v) is 4.06. The summed E-state index contributed by atoms with van der Waals surface area (Å²) in [7, 11) is 0. The van der Waals surface area contributed by atoms with Crippen LogP contribution in [0.1, 0.15) is 20.3 Å². The Hall–Kier alpha value is -1.83. The molecule has 1 heterocycles. The summed E-state index contributed by atoms with van der Waals surface area (Å²) in [5.74, 6) is 1.25. The lowest BCUT2D eigenvalue weighted by atomic mass is 10.3. The van der Waals surface area contributed by atoms with Gasteiger partial charge in [0.2, 0.25) is 0 Å². The molecule has 1 unspecified atom stereocenters. The van der Waals surface area contributed by atoms with Crippen molar-refractivity contribution in [2.45, 2.75) is 26.4 Å². The van der Waals surface area contributed by atoms with Crippen molar-refractivity contribution in [2.75, 3.05) is 59.3 Å². The van der Waals surface area contributed by atoms with Gasteiger partial charge in [0.05, 0.1) is 26.4 Å². The Balaban J connectivity index is 1.83. The number of hydrogen-bond donors (Lipinski definition) is 0. The van der Waals surface area contributed by atoms with Crippen LogP contribution in [0, 0.1) is 0 Å². The molecule has 1 aromatic rings. The normalized spacial score (nSPS) is 18.7. The first kappa shape index (κ1) is 21.5. The number of nitrogens with zero attached hydrogens (tertiary/aromatic N) is 1. The van der Waals surface area contributed by atoms with Gasteiger partial charge in [0, 0.05) is 26.1 Å². The number of ether oxygens (including phenoxy) is 5. The van der Waals surface area contributed by atoms with Crippen LogP contribution in [0.3, 0.4) is 0 Å². The predicted octanol–water partition coefficient (Wildman–Crippen LogP) is 2.13. The SMILES string of the molecule is CCC(=O)OC(C)CN1CCOCCOc2ccccc2OCCOCC1. The van der Waals surface area contributed by atoms with Crippen molar-refractivity contribution in [3.8, 4) is 11.5 Å². The maximum atomic E-state index is 11.4. The van der Waals surface area contributed by atoms with Crippen molar-refractivity contribution in [1.82, 2.24) is 4.90 Å². The largest absolute Gasteiger partial charge is 0.487 e. The maximum absolute atomic E-state index is 11.4. The molecule has 2 rings (SSSR count). The highest BCUT2D eigenvalue weighted by Gasteiger charge is 2.14. The van der Waals surface area contributed by atoms with Gasteiger partial charge in [-0.3, -0.25) is 9.69 Å². The van der Waals surface area contributed by atoms with Gasteiger partial charge < -0.3 is 23.7 Å². The molecule has 0 spiro atoms. The zero-order valence-corrected chi connectivity index (χ0v) is 16.4. The first-order valence-electron chi connectivity index (χ1n) is 9.61. The first-order chi connectivity index (χ1) is 13.2. The van der Waals surface area contributed by atoms with Crippen LogP contribution in [-0.4, -0.2) is 76.2 Å². The molecule has 1 aliphatic rings. The third-order valence-electron chi connectivity index (χ3n) is 4.06. The molecule has 0 N–H and O–H groups in total. The van der Waals surface area contributed by atoms with Crippen molar-refractivity contribution in [2.24, 2.45) is 0 Å². The summed E-state index contributed by atoms with van der Waals surface area (Å²) in [5, 5.41) is 0. The standard InChI is InChI=1S/C20H31NO6/c1-3-20(22)27-17(2)16-21-8-10-23-12-14-25-18-6-4-5-7-19(18)26-15-13-24-11-9-21/h4-7,17H,3,8-16H2,1-2H3. The molecule has 0 amide bonds. The topological polar surface area (TPSA) is 66.5 Å². The van der Waals surface area contributed by atoms with Gasteiger partial charge in [-0.2, -0.15) is 0 Å². The van der Waals surface area contributed by atoms with Crippen LogP contribution < -0.4 is 9.47 Å². The molecular formula is C20H31NO6. The number of benzene rings is 1. The average Bonchev–Trinajstić information content (AvgIpc) is 2.67. The molecular weight excluding hydrogens is 350 g/mol. The van der Waals surface area contributed by atoms with Crippen LogP contribution in [0.4, 0.5) is 0 Å². The lowest BCUT2D eigenvalue weighted by Gasteiger charge is -2.25. The molecule has 152 valence electrons. The van der Waals surface area contributed by atoms with Gasteiger partial charge in [-0.05, 0) is 19.1 Å². The molecule has 0 fully saturated rings. The fraction of sp³-hybridized carbons (Fsp3) is 0.650. The highest BCUT2D eigenvalue weighted by Crippen LogP contribution is 2.26. The molecule has 1 aromatic carbocycles. The number of carbonyl (C=O) groups is 1. The summed E-state index contributed by atoms with van der Waals surface area (Å²) >= 11 is 0. The quantitative estimate of drug-likeness (QED) is 0.740. The highest BCUT2D eigenvalue weighted by molar-refractivity contribution is 5.69. The van der Waals surface area contributed by atoms with E-state index < -0.39 is 0 Å². The van der Waals surface area contributed by atoms with Crippen molar-refractivity contribution >= 4 is 5.97 Å². The highest BCUT2D eigenvalue weighted by atomic mass is 16.6. The fourth-order valence-corrected chi connectivity index (χ4v) is 2.70. The second kappa shape index (κ2) is 12.5. The van der Waals surface area contributed by atoms with E-state index in [4.69, 9.17) is 23.7 Å².